The van der Waals surface area contributed by atoms with Crippen LogP contribution in [0.5, 0.6) is 0 Å². The number of aryl methyl sites for hydroxylation is 1. The number of rotatable bonds is 5. The average Bonchev–Trinajstić information content (AvgIpc) is 3.39. The van der Waals surface area contributed by atoms with E-state index in [1.807, 2.05) is 36.7 Å². The molecule has 0 radical (unpaired) electrons. The molecule has 0 spiro atoms. The normalized spacial score (nSPS) is 19.7. The highest BCUT2D eigenvalue weighted by Gasteiger charge is 2.30. The minimum absolute atomic E-state index is 0.258. The highest BCUT2D eigenvalue weighted by molar-refractivity contribution is 6.01. The van der Waals surface area contributed by atoms with E-state index in [1.54, 1.807) is 0 Å². The van der Waals surface area contributed by atoms with Crippen LogP contribution in [0.25, 0.3) is 22.5 Å². The molecule has 3 aromatic rings. The van der Waals surface area contributed by atoms with E-state index in [0.717, 1.165) is 64.5 Å². The number of hydrogen-bond donors (Lipinski definition) is 0. The summed E-state index contributed by atoms with van der Waals surface area (Å²) in [5.41, 5.74) is 5.35. The van der Waals surface area contributed by atoms with Crippen LogP contribution in [0, 0.1) is 5.92 Å². The van der Waals surface area contributed by atoms with Gasteiger partial charge in [0.2, 0.25) is 0 Å². The molecule has 1 aliphatic heterocycles. The summed E-state index contributed by atoms with van der Waals surface area (Å²) in [5.74, 6) is 3.71. The van der Waals surface area contributed by atoms with Crippen LogP contribution in [0.15, 0.2) is 53.2 Å². The Morgan fingerprint density at radius 3 is 2.48 bits per heavy atom. The Kier molecular flexibility index (Phi) is 4.76. The summed E-state index contributed by atoms with van der Waals surface area (Å²) in [6, 6.07) is 12.5. The molecule has 1 aromatic carbocycles. The highest BCUT2D eigenvalue weighted by Crippen LogP contribution is 2.41. The van der Waals surface area contributed by atoms with Gasteiger partial charge >= 0.3 is 0 Å². The molecule has 3 heterocycles. The molecule has 1 saturated heterocycles. The average molecular weight is 413 g/mol. The third-order valence-electron chi connectivity index (χ3n) is 7.23. The maximum atomic E-state index is 12.1. The number of nitrogens with zero attached hydrogens (tertiary/aromatic N) is 2. The fourth-order valence-corrected chi connectivity index (χ4v) is 5.23. The second-order valence-corrected chi connectivity index (χ2v) is 9.44. The molecule has 2 aromatic heterocycles. The molecule has 31 heavy (non-hydrogen) atoms. The van der Waals surface area contributed by atoms with Crippen LogP contribution in [0.4, 0.5) is 0 Å². The summed E-state index contributed by atoms with van der Waals surface area (Å²) in [4.78, 5) is 18.9. The minimum atomic E-state index is 0.258. The largest absolute Gasteiger partial charge is 0.460 e. The Morgan fingerprint density at radius 1 is 0.903 bits per heavy atom. The number of aromatic nitrogens is 1. The Bertz CT molecular complexity index is 1110. The maximum absolute atomic E-state index is 12.1. The van der Waals surface area contributed by atoms with E-state index >= 15 is 0 Å². The number of benzene rings is 1. The Hall–Kier alpha value is -2.72. The van der Waals surface area contributed by atoms with Crippen molar-refractivity contribution >= 4 is 5.78 Å². The maximum Gasteiger partial charge on any atom is 0.163 e. The van der Waals surface area contributed by atoms with Crippen LogP contribution >= 0.6 is 0 Å². The predicted molar refractivity (Wildman–Crippen MR) is 121 cm³/mol. The van der Waals surface area contributed by atoms with Gasteiger partial charge < -0.3 is 9.32 Å². The summed E-state index contributed by atoms with van der Waals surface area (Å²) in [5, 5.41) is 0. The van der Waals surface area contributed by atoms with Crippen molar-refractivity contribution in [2.45, 2.75) is 44.4 Å². The summed E-state index contributed by atoms with van der Waals surface area (Å²) in [6.45, 7) is 3.62. The molecule has 0 unspecified atom stereocenters. The second kappa shape index (κ2) is 7.76. The third kappa shape index (κ3) is 3.74. The van der Waals surface area contributed by atoms with Crippen LogP contribution in [-0.2, 0) is 6.42 Å². The van der Waals surface area contributed by atoms with Crippen molar-refractivity contribution in [1.82, 2.24) is 9.88 Å². The monoisotopic (exact) mass is 412 g/mol. The van der Waals surface area contributed by atoms with Crippen LogP contribution in [0.3, 0.4) is 0 Å². The number of carbonyl (C=O) groups excluding carboxylic acids is 1. The molecule has 2 fully saturated rings. The molecule has 3 aliphatic rings. The number of ketones is 1. The van der Waals surface area contributed by atoms with Gasteiger partial charge in [-0.05, 0) is 86.5 Å². The SMILES string of the molecule is O=C1CCc2cc(-c3oc(C4CCN(CC5CC5)CC4)cc3-c3ccncc3)ccc21. The minimum Gasteiger partial charge on any atom is -0.460 e. The fourth-order valence-electron chi connectivity index (χ4n) is 5.23. The first-order valence-electron chi connectivity index (χ1n) is 11.7. The van der Waals surface area contributed by atoms with Crippen LogP contribution in [-0.4, -0.2) is 35.3 Å². The van der Waals surface area contributed by atoms with Crippen molar-refractivity contribution in [3.05, 3.63) is 65.7 Å². The van der Waals surface area contributed by atoms with E-state index in [0.29, 0.717) is 12.3 Å². The summed E-state index contributed by atoms with van der Waals surface area (Å²) < 4.78 is 6.59. The number of likely N-dealkylation sites (tertiary alicyclic amines) is 1. The van der Waals surface area contributed by atoms with Crippen molar-refractivity contribution in [2.75, 3.05) is 19.6 Å². The van der Waals surface area contributed by atoms with Crippen LogP contribution < -0.4 is 0 Å². The fraction of sp³-hybridized carbons (Fsp3) is 0.407. The van der Waals surface area contributed by atoms with Gasteiger partial charge in [-0.2, -0.15) is 0 Å². The molecule has 0 atom stereocenters. The van der Waals surface area contributed by atoms with Gasteiger partial charge in [0, 0.05) is 48.0 Å². The van der Waals surface area contributed by atoms with Crippen molar-refractivity contribution in [3.8, 4) is 22.5 Å². The lowest BCUT2D eigenvalue weighted by Crippen LogP contribution is -2.34. The van der Waals surface area contributed by atoms with Gasteiger partial charge in [-0.25, -0.2) is 0 Å². The molecular weight excluding hydrogens is 384 g/mol. The van der Waals surface area contributed by atoms with E-state index in [4.69, 9.17) is 4.42 Å². The first-order valence-corrected chi connectivity index (χ1v) is 11.7. The number of pyridine rings is 1. The summed E-state index contributed by atoms with van der Waals surface area (Å²) >= 11 is 0. The third-order valence-corrected chi connectivity index (χ3v) is 7.23. The molecule has 0 bridgehead atoms. The number of fused-ring (bicyclic) bond motifs is 1. The quantitative estimate of drug-likeness (QED) is 0.537. The van der Waals surface area contributed by atoms with Crippen molar-refractivity contribution in [2.24, 2.45) is 5.92 Å². The van der Waals surface area contributed by atoms with Crippen molar-refractivity contribution < 1.29 is 9.21 Å². The number of furan rings is 1. The smallest absolute Gasteiger partial charge is 0.163 e. The van der Waals surface area contributed by atoms with Gasteiger partial charge in [0.25, 0.3) is 0 Å². The molecular formula is C27H28N2O2. The zero-order valence-electron chi connectivity index (χ0n) is 17.8. The summed E-state index contributed by atoms with van der Waals surface area (Å²) in [7, 11) is 0. The van der Waals surface area contributed by atoms with E-state index < -0.39 is 0 Å². The molecule has 0 amide bonds. The molecule has 2 aliphatic carbocycles. The standard InChI is InChI=1S/C27H28N2O2/c30-25-6-4-21-15-22(3-5-23(21)25)27-24(19-7-11-28-12-8-19)16-26(31-27)20-9-13-29(14-10-20)17-18-1-2-18/h3,5,7-8,11-12,15-16,18,20H,1-2,4,6,9-10,13-14,17H2. The van der Waals surface area contributed by atoms with Crippen molar-refractivity contribution in [1.29, 1.82) is 0 Å². The highest BCUT2D eigenvalue weighted by atomic mass is 16.3. The van der Waals surface area contributed by atoms with Gasteiger partial charge in [-0.3, -0.25) is 9.78 Å². The lowest BCUT2D eigenvalue weighted by Gasteiger charge is -2.31. The van der Waals surface area contributed by atoms with Crippen molar-refractivity contribution in [3.63, 3.8) is 0 Å². The zero-order chi connectivity index (χ0) is 20.8. The molecule has 1 saturated carbocycles. The number of Topliss-reactive ketones (excluding diaryl/α,β-unsaturated/α-hetero) is 1. The van der Waals surface area contributed by atoms with Gasteiger partial charge in [0.1, 0.15) is 11.5 Å². The molecule has 0 N–H and O–H groups in total. The zero-order valence-corrected chi connectivity index (χ0v) is 17.8. The molecule has 4 nitrogen and oxygen atoms in total. The number of carbonyl (C=O) groups is 1. The second-order valence-electron chi connectivity index (χ2n) is 9.44. The van der Waals surface area contributed by atoms with Crippen LogP contribution in [0.1, 0.15) is 59.7 Å². The van der Waals surface area contributed by atoms with E-state index in [9.17, 15) is 4.79 Å². The lowest BCUT2D eigenvalue weighted by atomic mass is 9.93. The molecule has 6 rings (SSSR count). The van der Waals surface area contributed by atoms with Gasteiger partial charge in [-0.1, -0.05) is 12.1 Å². The van der Waals surface area contributed by atoms with Crippen LogP contribution in [0.2, 0.25) is 0 Å². The first-order chi connectivity index (χ1) is 15.2. The topological polar surface area (TPSA) is 46.3 Å². The molecule has 4 heteroatoms. The molecule has 158 valence electrons. The Balaban J connectivity index is 1.33. The van der Waals surface area contributed by atoms with Gasteiger partial charge in [0.15, 0.2) is 5.78 Å². The summed E-state index contributed by atoms with van der Waals surface area (Å²) in [6.07, 6.45) is 10.3. The van der Waals surface area contributed by atoms with E-state index in [2.05, 4.69) is 22.0 Å². The van der Waals surface area contributed by atoms with E-state index in [1.165, 1.54) is 32.5 Å². The van der Waals surface area contributed by atoms with E-state index in [-0.39, 0.29) is 5.78 Å². The number of hydrogen-bond acceptors (Lipinski definition) is 4. The Morgan fingerprint density at radius 2 is 1.71 bits per heavy atom. The number of piperidine rings is 1. The van der Waals surface area contributed by atoms with Gasteiger partial charge in [-0.15, -0.1) is 0 Å². The lowest BCUT2D eigenvalue weighted by molar-refractivity contribution is 0.0994. The first kappa shape index (κ1) is 19.0. The Labute approximate surface area is 183 Å². The predicted octanol–water partition coefficient (Wildman–Crippen LogP) is 5.73. The van der Waals surface area contributed by atoms with Gasteiger partial charge in [0.05, 0.1) is 0 Å².